The summed E-state index contributed by atoms with van der Waals surface area (Å²) in [7, 11) is 0. The number of hydrogen-bond acceptors (Lipinski definition) is 4. The van der Waals surface area contributed by atoms with Crippen LogP contribution in [0.25, 0.3) is 6.08 Å². The lowest BCUT2D eigenvalue weighted by Gasteiger charge is -1.93. The molecular formula is C8H10N2S2. The molecule has 12 heavy (non-hydrogen) atoms. The van der Waals surface area contributed by atoms with Crippen molar-refractivity contribution in [3.63, 3.8) is 0 Å². The van der Waals surface area contributed by atoms with Crippen molar-refractivity contribution in [3.8, 4) is 0 Å². The largest absolute Gasteiger partial charge is 0.231 e. The van der Waals surface area contributed by atoms with Crippen LogP contribution in [0.2, 0.25) is 0 Å². The minimum Gasteiger partial charge on any atom is -0.231 e. The van der Waals surface area contributed by atoms with Gasteiger partial charge in [0.1, 0.15) is 0 Å². The van der Waals surface area contributed by atoms with E-state index in [4.69, 9.17) is 0 Å². The van der Waals surface area contributed by atoms with Crippen LogP contribution in [0.3, 0.4) is 0 Å². The van der Waals surface area contributed by atoms with Gasteiger partial charge in [-0.25, -0.2) is 9.97 Å². The van der Waals surface area contributed by atoms with E-state index in [0.717, 1.165) is 16.5 Å². The van der Waals surface area contributed by atoms with Crippen LogP contribution >= 0.6 is 24.4 Å². The molecule has 0 radical (unpaired) electrons. The molecule has 1 rings (SSSR count). The number of aromatic nitrogens is 2. The third kappa shape index (κ3) is 2.87. The van der Waals surface area contributed by atoms with Crippen molar-refractivity contribution in [3.05, 3.63) is 24.0 Å². The van der Waals surface area contributed by atoms with Gasteiger partial charge in [0.15, 0.2) is 5.16 Å². The molecule has 0 fully saturated rings. The monoisotopic (exact) mass is 198 g/mol. The smallest absolute Gasteiger partial charge is 0.187 e. The zero-order chi connectivity index (χ0) is 8.81. The second kappa shape index (κ2) is 5.22. The molecule has 0 N–H and O–H groups in total. The van der Waals surface area contributed by atoms with Crippen LogP contribution in [0.1, 0.15) is 5.56 Å². The number of rotatable bonds is 3. The molecule has 0 aliphatic heterocycles. The van der Waals surface area contributed by atoms with E-state index in [1.54, 1.807) is 12.4 Å². The van der Waals surface area contributed by atoms with E-state index < -0.39 is 0 Å². The maximum Gasteiger partial charge on any atom is 0.187 e. The average molecular weight is 198 g/mol. The minimum absolute atomic E-state index is 0.740. The summed E-state index contributed by atoms with van der Waals surface area (Å²) < 4.78 is 0. The first-order valence-electron chi connectivity index (χ1n) is 3.50. The number of thiol groups is 1. The minimum atomic E-state index is 0.740. The fourth-order valence-electron chi connectivity index (χ4n) is 0.706. The van der Waals surface area contributed by atoms with Gasteiger partial charge < -0.3 is 0 Å². The molecule has 0 aliphatic carbocycles. The van der Waals surface area contributed by atoms with Crippen LogP contribution in [0.5, 0.6) is 0 Å². The Morgan fingerprint density at radius 1 is 1.50 bits per heavy atom. The summed E-state index contributed by atoms with van der Waals surface area (Å²) in [6.07, 6.45) is 9.48. The third-order valence-corrected chi connectivity index (χ3v) is 2.03. The van der Waals surface area contributed by atoms with E-state index in [1.165, 1.54) is 11.8 Å². The molecule has 0 spiro atoms. The summed E-state index contributed by atoms with van der Waals surface area (Å²) in [5.41, 5.74) is 1.02. The highest BCUT2D eigenvalue weighted by Gasteiger charge is 1.91. The molecule has 0 atom stereocenters. The third-order valence-electron chi connectivity index (χ3n) is 1.25. The molecule has 0 amide bonds. The highest BCUT2D eigenvalue weighted by Crippen LogP contribution is 2.07. The van der Waals surface area contributed by atoms with Crippen LogP contribution in [0.15, 0.2) is 23.6 Å². The van der Waals surface area contributed by atoms with Gasteiger partial charge in [-0.1, -0.05) is 23.9 Å². The van der Waals surface area contributed by atoms with Gasteiger partial charge in [-0.3, -0.25) is 0 Å². The maximum absolute atomic E-state index is 4.13. The van der Waals surface area contributed by atoms with Crippen LogP contribution in [0, 0.1) is 0 Å². The Hall–Kier alpha value is -0.480. The Labute approximate surface area is 81.9 Å². The number of thioether (sulfide) groups is 1. The topological polar surface area (TPSA) is 25.8 Å². The van der Waals surface area contributed by atoms with Gasteiger partial charge in [-0.15, -0.1) is 0 Å². The fourth-order valence-corrected chi connectivity index (χ4v) is 1.13. The summed E-state index contributed by atoms with van der Waals surface area (Å²) in [5, 5.41) is 0.804. The van der Waals surface area contributed by atoms with E-state index in [9.17, 15) is 0 Å². The zero-order valence-electron chi connectivity index (χ0n) is 6.77. The van der Waals surface area contributed by atoms with Crippen LogP contribution in [-0.2, 0) is 0 Å². The van der Waals surface area contributed by atoms with E-state index in [-0.39, 0.29) is 0 Å². The van der Waals surface area contributed by atoms with Crippen LogP contribution in [-0.4, -0.2) is 22.0 Å². The van der Waals surface area contributed by atoms with E-state index in [1.807, 2.05) is 18.4 Å². The lowest BCUT2D eigenvalue weighted by molar-refractivity contribution is 0.966. The van der Waals surface area contributed by atoms with Crippen molar-refractivity contribution >= 4 is 30.5 Å². The predicted octanol–water partition coefficient (Wildman–Crippen LogP) is 2.14. The van der Waals surface area contributed by atoms with Crippen molar-refractivity contribution in [1.82, 2.24) is 9.97 Å². The van der Waals surface area contributed by atoms with Gasteiger partial charge in [-0.05, 0) is 6.26 Å². The Balaban J connectivity index is 2.71. The van der Waals surface area contributed by atoms with E-state index in [0.29, 0.717) is 0 Å². The molecule has 0 aromatic carbocycles. The highest BCUT2D eigenvalue weighted by atomic mass is 32.2. The van der Waals surface area contributed by atoms with Gasteiger partial charge in [0.2, 0.25) is 0 Å². The van der Waals surface area contributed by atoms with Gasteiger partial charge in [-0.2, -0.15) is 12.6 Å². The summed E-state index contributed by atoms with van der Waals surface area (Å²) in [6, 6.07) is 0. The average Bonchev–Trinajstić information content (AvgIpc) is 2.15. The SMILES string of the molecule is CSc1ncc(C=CCS)cn1. The van der Waals surface area contributed by atoms with Crippen LogP contribution < -0.4 is 0 Å². The van der Waals surface area contributed by atoms with Crippen molar-refractivity contribution in [2.75, 3.05) is 12.0 Å². The molecule has 0 unspecified atom stereocenters. The second-order valence-electron chi connectivity index (χ2n) is 2.09. The molecule has 4 heteroatoms. The van der Waals surface area contributed by atoms with Gasteiger partial charge in [0.05, 0.1) is 0 Å². The molecule has 1 heterocycles. The predicted molar refractivity (Wildman–Crippen MR) is 56.7 cm³/mol. The van der Waals surface area contributed by atoms with Gasteiger partial charge in [0, 0.05) is 23.7 Å². The molecule has 64 valence electrons. The summed E-state index contributed by atoms with van der Waals surface area (Å²) in [6.45, 7) is 0. The molecule has 0 aliphatic rings. The van der Waals surface area contributed by atoms with Crippen molar-refractivity contribution < 1.29 is 0 Å². The molecule has 1 aromatic rings. The first kappa shape index (κ1) is 9.61. The second-order valence-corrected chi connectivity index (χ2v) is 3.23. The number of hydrogen-bond donors (Lipinski definition) is 1. The fraction of sp³-hybridized carbons (Fsp3) is 0.250. The summed E-state index contributed by atoms with van der Waals surface area (Å²) >= 11 is 5.60. The Morgan fingerprint density at radius 3 is 2.67 bits per heavy atom. The lowest BCUT2D eigenvalue weighted by atomic mass is 10.3. The Kier molecular flexibility index (Phi) is 4.18. The normalized spacial score (nSPS) is 10.8. The van der Waals surface area contributed by atoms with E-state index >= 15 is 0 Å². The molecule has 0 saturated carbocycles. The van der Waals surface area contributed by atoms with E-state index in [2.05, 4.69) is 22.6 Å². The van der Waals surface area contributed by atoms with Crippen molar-refractivity contribution in [1.29, 1.82) is 0 Å². The Bertz CT molecular complexity index is 256. The molecular weight excluding hydrogens is 188 g/mol. The Morgan fingerprint density at radius 2 is 2.17 bits per heavy atom. The van der Waals surface area contributed by atoms with Crippen molar-refractivity contribution in [2.45, 2.75) is 5.16 Å². The van der Waals surface area contributed by atoms with Crippen molar-refractivity contribution in [2.24, 2.45) is 0 Å². The van der Waals surface area contributed by atoms with Gasteiger partial charge in [0.25, 0.3) is 0 Å². The van der Waals surface area contributed by atoms with Crippen LogP contribution in [0.4, 0.5) is 0 Å². The highest BCUT2D eigenvalue weighted by molar-refractivity contribution is 7.98. The molecule has 2 nitrogen and oxygen atoms in total. The zero-order valence-corrected chi connectivity index (χ0v) is 8.48. The summed E-state index contributed by atoms with van der Waals surface area (Å²) in [4.78, 5) is 8.25. The maximum atomic E-state index is 4.13. The molecule has 0 bridgehead atoms. The standard InChI is InChI=1S/C8H10N2S2/c1-12-8-9-5-7(6-10-8)3-2-4-11/h2-3,5-6,11H,4H2,1H3. The molecule has 1 aromatic heterocycles. The number of nitrogens with zero attached hydrogens (tertiary/aromatic N) is 2. The lowest BCUT2D eigenvalue weighted by Crippen LogP contribution is -1.85. The van der Waals surface area contributed by atoms with Gasteiger partial charge >= 0.3 is 0 Å². The summed E-state index contributed by atoms with van der Waals surface area (Å²) in [5.74, 6) is 0.740. The molecule has 0 saturated heterocycles. The first-order chi connectivity index (χ1) is 5.86. The quantitative estimate of drug-likeness (QED) is 0.458. The first-order valence-corrected chi connectivity index (χ1v) is 5.36.